The summed E-state index contributed by atoms with van der Waals surface area (Å²) in [5.41, 5.74) is 1.09. The lowest BCUT2D eigenvalue weighted by atomic mass is 10.0. The van der Waals surface area contributed by atoms with E-state index in [1.54, 1.807) is 37.2 Å². The van der Waals surface area contributed by atoms with Crippen molar-refractivity contribution in [3.8, 4) is 0 Å². The third-order valence-corrected chi connectivity index (χ3v) is 8.31. The summed E-state index contributed by atoms with van der Waals surface area (Å²) in [4.78, 5) is 26.6. The molecule has 2 heterocycles. The second-order valence-corrected chi connectivity index (χ2v) is 10.1. The highest BCUT2D eigenvalue weighted by Gasteiger charge is 2.31. The van der Waals surface area contributed by atoms with E-state index < -0.39 is 10.0 Å². The number of benzene rings is 1. The van der Waals surface area contributed by atoms with Crippen LogP contribution in [-0.4, -0.2) is 58.8 Å². The van der Waals surface area contributed by atoms with Crippen LogP contribution in [0.5, 0.6) is 0 Å². The van der Waals surface area contributed by atoms with Gasteiger partial charge in [0.1, 0.15) is 0 Å². The van der Waals surface area contributed by atoms with Gasteiger partial charge >= 0.3 is 5.69 Å². The highest BCUT2D eigenvalue weighted by atomic mass is 32.2. The number of imidazole rings is 1. The number of fused-ring (bicyclic) bond motifs is 1. The largest absolute Gasteiger partial charge is 0.340 e. The molecule has 0 spiro atoms. The smallest absolute Gasteiger partial charge is 0.328 e. The van der Waals surface area contributed by atoms with Crippen LogP contribution in [0.15, 0.2) is 27.9 Å². The molecule has 2 aliphatic rings. The normalized spacial score (nSPS) is 19.3. The van der Waals surface area contributed by atoms with Crippen LogP contribution >= 0.6 is 0 Å². The first-order valence-electron chi connectivity index (χ1n) is 10.2. The molecule has 0 radical (unpaired) electrons. The lowest BCUT2D eigenvalue weighted by Crippen LogP contribution is -2.50. The molecule has 0 unspecified atom stereocenters. The molecule has 1 aliphatic carbocycles. The summed E-state index contributed by atoms with van der Waals surface area (Å²) in [6.07, 6.45) is 5.27. The number of hydrogen-bond donors (Lipinski definition) is 0. The first-order chi connectivity index (χ1) is 13.8. The predicted octanol–water partition coefficient (Wildman–Crippen LogP) is 1.29. The van der Waals surface area contributed by atoms with Crippen molar-refractivity contribution in [3.63, 3.8) is 0 Å². The van der Waals surface area contributed by atoms with Gasteiger partial charge in [-0.15, -0.1) is 0 Å². The lowest BCUT2D eigenvalue weighted by Gasteiger charge is -2.34. The van der Waals surface area contributed by atoms with E-state index in [1.807, 2.05) is 0 Å². The fourth-order valence-electron chi connectivity index (χ4n) is 4.56. The van der Waals surface area contributed by atoms with Crippen molar-refractivity contribution in [2.24, 2.45) is 20.0 Å². The molecule has 0 bridgehead atoms. The first kappa shape index (κ1) is 20.2. The number of aromatic nitrogens is 2. The Bertz CT molecular complexity index is 1090. The van der Waals surface area contributed by atoms with Crippen molar-refractivity contribution in [1.82, 2.24) is 18.3 Å². The number of carbonyl (C=O) groups is 1. The molecule has 158 valence electrons. The van der Waals surface area contributed by atoms with E-state index in [0.29, 0.717) is 49.6 Å². The van der Waals surface area contributed by atoms with Gasteiger partial charge in [0, 0.05) is 46.7 Å². The molecular formula is C20H28N4O4S. The summed E-state index contributed by atoms with van der Waals surface area (Å²) in [6.45, 7) is 1.45. The minimum atomic E-state index is -3.67. The Balaban J connectivity index is 1.47. The van der Waals surface area contributed by atoms with E-state index >= 15 is 0 Å². The van der Waals surface area contributed by atoms with Gasteiger partial charge in [0.25, 0.3) is 0 Å². The van der Waals surface area contributed by atoms with E-state index in [9.17, 15) is 18.0 Å². The fourth-order valence-corrected chi connectivity index (χ4v) is 6.01. The van der Waals surface area contributed by atoms with Gasteiger partial charge in [0.2, 0.25) is 15.9 Å². The molecule has 1 aromatic carbocycles. The lowest BCUT2D eigenvalue weighted by molar-refractivity contribution is -0.133. The van der Waals surface area contributed by atoms with Crippen LogP contribution < -0.4 is 5.69 Å². The number of sulfonamides is 1. The van der Waals surface area contributed by atoms with E-state index in [1.165, 1.54) is 26.3 Å². The van der Waals surface area contributed by atoms with Gasteiger partial charge < -0.3 is 4.90 Å². The molecular weight excluding hydrogens is 392 g/mol. The standard InChI is InChI=1S/C20H28N4O4S/c1-21-17-8-7-16(14-18(17)22(2)20(21)26)29(27,28)24-11-9-23(10-12-24)19(25)13-15-5-3-4-6-15/h7-8,14-15H,3-6,9-13H2,1-2H3. The Hall–Kier alpha value is -2.13. The van der Waals surface area contributed by atoms with Gasteiger partial charge in [-0.3, -0.25) is 13.9 Å². The zero-order valence-electron chi connectivity index (χ0n) is 17.0. The highest BCUT2D eigenvalue weighted by molar-refractivity contribution is 7.89. The van der Waals surface area contributed by atoms with Crippen LogP contribution in [0.4, 0.5) is 0 Å². The maximum Gasteiger partial charge on any atom is 0.328 e. The van der Waals surface area contributed by atoms with Crippen LogP contribution in [0.2, 0.25) is 0 Å². The van der Waals surface area contributed by atoms with E-state index in [2.05, 4.69) is 0 Å². The third-order valence-electron chi connectivity index (χ3n) is 6.41. The molecule has 2 aromatic rings. The van der Waals surface area contributed by atoms with Gasteiger partial charge in [-0.1, -0.05) is 12.8 Å². The Morgan fingerprint density at radius 1 is 1.00 bits per heavy atom. The van der Waals surface area contributed by atoms with Crippen molar-refractivity contribution in [1.29, 1.82) is 0 Å². The fraction of sp³-hybridized carbons (Fsp3) is 0.600. The molecule has 1 amide bonds. The zero-order chi connectivity index (χ0) is 20.8. The Morgan fingerprint density at radius 3 is 2.28 bits per heavy atom. The Kier molecular flexibility index (Phi) is 5.29. The molecule has 0 N–H and O–H groups in total. The number of carbonyl (C=O) groups excluding carboxylic acids is 1. The van der Waals surface area contributed by atoms with Gasteiger partial charge in [0.05, 0.1) is 15.9 Å². The summed E-state index contributed by atoms with van der Waals surface area (Å²) < 4.78 is 30.6. The quantitative estimate of drug-likeness (QED) is 0.746. The molecule has 1 saturated heterocycles. The summed E-state index contributed by atoms with van der Waals surface area (Å²) in [6, 6.07) is 4.78. The van der Waals surface area contributed by atoms with Crippen molar-refractivity contribution in [2.45, 2.75) is 37.0 Å². The number of piperazine rings is 1. The molecule has 1 aromatic heterocycles. The summed E-state index contributed by atoms with van der Waals surface area (Å²) in [5.74, 6) is 0.642. The van der Waals surface area contributed by atoms with Crippen molar-refractivity contribution < 1.29 is 13.2 Å². The molecule has 8 nitrogen and oxygen atoms in total. The molecule has 4 rings (SSSR count). The number of hydrogen-bond acceptors (Lipinski definition) is 4. The molecule has 0 atom stereocenters. The molecule has 2 fully saturated rings. The van der Waals surface area contributed by atoms with Crippen LogP contribution in [0.3, 0.4) is 0 Å². The van der Waals surface area contributed by atoms with Gasteiger partial charge in [0.15, 0.2) is 0 Å². The first-order valence-corrected chi connectivity index (χ1v) is 11.7. The number of aryl methyl sites for hydroxylation is 2. The second kappa shape index (κ2) is 7.60. The summed E-state index contributed by atoms with van der Waals surface area (Å²) >= 11 is 0. The monoisotopic (exact) mass is 420 g/mol. The van der Waals surface area contributed by atoms with Crippen LogP contribution in [0.1, 0.15) is 32.1 Å². The maximum atomic E-state index is 13.1. The Morgan fingerprint density at radius 2 is 1.62 bits per heavy atom. The molecule has 9 heteroatoms. The SMILES string of the molecule is Cn1c(=O)n(C)c2cc(S(=O)(=O)N3CCN(C(=O)CC4CCCC4)CC3)ccc21. The van der Waals surface area contributed by atoms with Crippen LogP contribution in [0.25, 0.3) is 11.0 Å². The van der Waals surface area contributed by atoms with E-state index in [0.717, 1.165) is 12.8 Å². The van der Waals surface area contributed by atoms with Crippen LogP contribution in [0, 0.1) is 5.92 Å². The number of amides is 1. The average molecular weight is 421 g/mol. The van der Waals surface area contributed by atoms with Gasteiger partial charge in [-0.2, -0.15) is 4.31 Å². The number of rotatable bonds is 4. The minimum absolute atomic E-state index is 0.148. The minimum Gasteiger partial charge on any atom is -0.340 e. The topological polar surface area (TPSA) is 84.6 Å². The van der Waals surface area contributed by atoms with E-state index in [4.69, 9.17) is 0 Å². The number of nitrogens with zero attached hydrogens (tertiary/aromatic N) is 4. The zero-order valence-corrected chi connectivity index (χ0v) is 17.8. The molecule has 1 aliphatic heterocycles. The summed E-state index contributed by atoms with van der Waals surface area (Å²) in [7, 11) is -0.373. The van der Waals surface area contributed by atoms with Crippen molar-refractivity contribution in [2.75, 3.05) is 26.2 Å². The molecule has 1 saturated carbocycles. The van der Waals surface area contributed by atoms with Gasteiger partial charge in [-0.25, -0.2) is 13.2 Å². The molecule has 29 heavy (non-hydrogen) atoms. The third kappa shape index (κ3) is 3.61. The van der Waals surface area contributed by atoms with E-state index in [-0.39, 0.29) is 16.5 Å². The average Bonchev–Trinajstić information content (AvgIpc) is 3.31. The highest BCUT2D eigenvalue weighted by Crippen LogP contribution is 2.28. The Labute approximate surface area is 170 Å². The van der Waals surface area contributed by atoms with Gasteiger partial charge in [-0.05, 0) is 37.0 Å². The van der Waals surface area contributed by atoms with Crippen molar-refractivity contribution in [3.05, 3.63) is 28.7 Å². The van der Waals surface area contributed by atoms with Crippen LogP contribution in [-0.2, 0) is 28.9 Å². The predicted molar refractivity (Wildman–Crippen MR) is 110 cm³/mol. The second-order valence-electron chi connectivity index (χ2n) is 8.19. The maximum absolute atomic E-state index is 13.1. The van der Waals surface area contributed by atoms with Crippen molar-refractivity contribution >= 4 is 27.0 Å². The summed E-state index contributed by atoms with van der Waals surface area (Å²) in [5, 5.41) is 0.